The molecule has 0 amide bonds. The van der Waals surface area contributed by atoms with Gasteiger partial charge in [-0.1, -0.05) is 6.07 Å². The van der Waals surface area contributed by atoms with Gasteiger partial charge in [-0.05, 0) is 35.7 Å². The van der Waals surface area contributed by atoms with E-state index in [0.717, 1.165) is 11.6 Å². The number of halogens is 2. The molecule has 0 radical (unpaired) electrons. The third kappa shape index (κ3) is 2.85. The lowest BCUT2D eigenvalue weighted by Gasteiger charge is -2.12. The molecule has 1 atom stereocenters. The first-order chi connectivity index (χ1) is 8.16. The monoisotopic (exact) mass is 234 g/mol. The van der Waals surface area contributed by atoms with Gasteiger partial charge in [0, 0.05) is 24.5 Å². The minimum Gasteiger partial charge on any atom is -0.324 e. The fourth-order valence-corrected chi connectivity index (χ4v) is 1.65. The largest absolute Gasteiger partial charge is 0.324 e. The summed E-state index contributed by atoms with van der Waals surface area (Å²) in [4.78, 5) is 3.88. The highest BCUT2D eigenvalue weighted by molar-refractivity contribution is 5.23. The molecule has 0 aliphatic carbocycles. The Bertz CT molecular complexity index is 500. The average molecular weight is 234 g/mol. The van der Waals surface area contributed by atoms with Crippen molar-refractivity contribution in [2.24, 2.45) is 5.73 Å². The minimum absolute atomic E-state index is 0.321. The Morgan fingerprint density at radius 1 is 1.12 bits per heavy atom. The molecule has 0 bridgehead atoms. The van der Waals surface area contributed by atoms with Crippen LogP contribution in [-0.4, -0.2) is 4.98 Å². The van der Waals surface area contributed by atoms with Crippen molar-refractivity contribution < 1.29 is 8.78 Å². The quantitative estimate of drug-likeness (QED) is 0.886. The van der Waals surface area contributed by atoms with Gasteiger partial charge in [-0.15, -0.1) is 0 Å². The van der Waals surface area contributed by atoms with Crippen molar-refractivity contribution in [2.75, 3.05) is 0 Å². The van der Waals surface area contributed by atoms with E-state index in [1.165, 1.54) is 12.1 Å². The summed E-state index contributed by atoms with van der Waals surface area (Å²) in [5, 5.41) is 0. The Morgan fingerprint density at radius 2 is 1.82 bits per heavy atom. The van der Waals surface area contributed by atoms with Crippen LogP contribution in [-0.2, 0) is 6.42 Å². The van der Waals surface area contributed by atoms with Crippen LogP contribution in [0.2, 0.25) is 0 Å². The molecule has 88 valence electrons. The number of benzene rings is 1. The van der Waals surface area contributed by atoms with Crippen molar-refractivity contribution in [2.45, 2.75) is 12.5 Å². The number of nitrogens with zero attached hydrogens (tertiary/aromatic N) is 1. The summed E-state index contributed by atoms with van der Waals surface area (Å²) in [6.07, 6.45) is 3.60. The number of hydrogen-bond donors (Lipinski definition) is 1. The van der Waals surface area contributed by atoms with Crippen molar-refractivity contribution in [1.82, 2.24) is 4.98 Å². The summed E-state index contributed by atoms with van der Waals surface area (Å²) in [5.41, 5.74) is 7.24. The molecule has 1 heterocycles. The van der Waals surface area contributed by atoms with E-state index in [1.54, 1.807) is 24.5 Å². The third-order valence-corrected chi connectivity index (χ3v) is 2.59. The highest BCUT2D eigenvalue weighted by Gasteiger charge is 2.10. The van der Waals surface area contributed by atoms with Gasteiger partial charge in [0.05, 0.1) is 0 Å². The zero-order valence-electron chi connectivity index (χ0n) is 9.11. The van der Waals surface area contributed by atoms with Crippen LogP contribution in [0.5, 0.6) is 0 Å². The summed E-state index contributed by atoms with van der Waals surface area (Å²) in [7, 11) is 0. The van der Waals surface area contributed by atoms with Crippen molar-refractivity contribution in [1.29, 1.82) is 0 Å². The topological polar surface area (TPSA) is 38.9 Å². The number of rotatable bonds is 3. The van der Waals surface area contributed by atoms with E-state index in [4.69, 9.17) is 5.73 Å². The van der Waals surface area contributed by atoms with Gasteiger partial charge in [-0.25, -0.2) is 8.78 Å². The zero-order chi connectivity index (χ0) is 12.3. The zero-order valence-corrected chi connectivity index (χ0v) is 9.11. The number of pyridine rings is 1. The Hall–Kier alpha value is -1.81. The molecule has 2 aromatic rings. The van der Waals surface area contributed by atoms with Gasteiger partial charge in [-0.2, -0.15) is 0 Å². The second-order valence-electron chi connectivity index (χ2n) is 3.83. The molecule has 4 heteroatoms. The molecule has 0 aliphatic heterocycles. The molecule has 1 unspecified atom stereocenters. The molecule has 1 aromatic heterocycles. The normalized spacial score (nSPS) is 12.4. The summed E-state index contributed by atoms with van der Waals surface area (Å²) in [5.74, 6) is -1.14. The SMILES string of the molecule is NC(Cc1ccc(F)cc1F)c1ccncc1. The molecule has 2 N–H and O–H groups in total. The first-order valence-corrected chi connectivity index (χ1v) is 5.26. The maximum Gasteiger partial charge on any atom is 0.129 e. The molecule has 0 spiro atoms. The van der Waals surface area contributed by atoms with E-state index >= 15 is 0 Å². The van der Waals surface area contributed by atoms with E-state index in [1.807, 2.05) is 0 Å². The molecule has 1 aromatic carbocycles. The van der Waals surface area contributed by atoms with Gasteiger partial charge in [0.15, 0.2) is 0 Å². The van der Waals surface area contributed by atoms with Gasteiger partial charge in [0.2, 0.25) is 0 Å². The fraction of sp³-hybridized carbons (Fsp3) is 0.154. The first kappa shape index (κ1) is 11.7. The van der Waals surface area contributed by atoms with Crippen LogP contribution < -0.4 is 5.73 Å². The molecule has 2 nitrogen and oxygen atoms in total. The second kappa shape index (κ2) is 5.01. The molecule has 2 rings (SSSR count). The van der Waals surface area contributed by atoms with Crippen molar-refractivity contribution in [3.05, 3.63) is 65.5 Å². The van der Waals surface area contributed by atoms with Gasteiger partial charge < -0.3 is 5.73 Å². The number of nitrogens with two attached hydrogens (primary N) is 1. The Labute approximate surface area is 98.1 Å². The molecule has 0 aliphatic rings. The van der Waals surface area contributed by atoms with E-state index in [-0.39, 0.29) is 6.04 Å². The van der Waals surface area contributed by atoms with Crippen molar-refractivity contribution in [3.63, 3.8) is 0 Å². The maximum absolute atomic E-state index is 13.4. The molecule has 17 heavy (non-hydrogen) atoms. The highest BCUT2D eigenvalue weighted by Crippen LogP contribution is 2.18. The van der Waals surface area contributed by atoms with Gasteiger partial charge in [0.1, 0.15) is 11.6 Å². The lowest BCUT2D eigenvalue weighted by atomic mass is 10.0. The molecular formula is C13H12F2N2. The summed E-state index contributed by atoms with van der Waals surface area (Å²) >= 11 is 0. The fourth-order valence-electron chi connectivity index (χ4n) is 1.65. The van der Waals surface area contributed by atoms with Crippen LogP contribution in [0.3, 0.4) is 0 Å². The van der Waals surface area contributed by atoms with Crippen LogP contribution in [0.1, 0.15) is 17.2 Å². The summed E-state index contributed by atoms with van der Waals surface area (Å²) < 4.78 is 26.1. The van der Waals surface area contributed by atoms with E-state index < -0.39 is 11.6 Å². The van der Waals surface area contributed by atoms with Crippen LogP contribution in [0, 0.1) is 11.6 Å². The van der Waals surface area contributed by atoms with Crippen molar-refractivity contribution in [3.8, 4) is 0 Å². The highest BCUT2D eigenvalue weighted by atomic mass is 19.1. The predicted octanol–water partition coefficient (Wildman–Crippen LogP) is 2.60. The Balaban J connectivity index is 2.16. The third-order valence-electron chi connectivity index (χ3n) is 2.59. The minimum atomic E-state index is -0.580. The lowest BCUT2D eigenvalue weighted by Crippen LogP contribution is -2.14. The smallest absolute Gasteiger partial charge is 0.129 e. The lowest BCUT2D eigenvalue weighted by molar-refractivity contribution is 0.563. The first-order valence-electron chi connectivity index (χ1n) is 5.26. The molecule has 0 saturated carbocycles. The van der Waals surface area contributed by atoms with E-state index in [2.05, 4.69) is 4.98 Å². The van der Waals surface area contributed by atoms with Gasteiger partial charge in [-0.3, -0.25) is 4.98 Å². The predicted molar refractivity (Wildman–Crippen MR) is 61.2 cm³/mol. The number of hydrogen-bond acceptors (Lipinski definition) is 2. The molecular weight excluding hydrogens is 222 g/mol. The van der Waals surface area contributed by atoms with Crippen LogP contribution >= 0.6 is 0 Å². The van der Waals surface area contributed by atoms with Crippen LogP contribution in [0.15, 0.2) is 42.7 Å². The number of aromatic nitrogens is 1. The molecule has 0 fully saturated rings. The standard InChI is InChI=1S/C13H12F2N2/c14-11-2-1-10(12(15)8-11)7-13(16)9-3-5-17-6-4-9/h1-6,8,13H,7,16H2. The van der Waals surface area contributed by atoms with E-state index in [0.29, 0.717) is 12.0 Å². The van der Waals surface area contributed by atoms with Crippen LogP contribution in [0.4, 0.5) is 8.78 Å². The Morgan fingerprint density at radius 3 is 2.47 bits per heavy atom. The van der Waals surface area contributed by atoms with Crippen LogP contribution in [0.25, 0.3) is 0 Å². The van der Waals surface area contributed by atoms with E-state index in [9.17, 15) is 8.78 Å². The van der Waals surface area contributed by atoms with Gasteiger partial charge >= 0.3 is 0 Å². The summed E-state index contributed by atoms with van der Waals surface area (Å²) in [6, 6.07) is 6.77. The average Bonchev–Trinajstić information content (AvgIpc) is 2.34. The Kier molecular flexibility index (Phi) is 3.44. The van der Waals surface area contributed by atoms with Gasteiger partial charge in [0.25, 0.3) is 0 Å². The van der Waals surface area contributed by atoms with Crippen molar-refractivity contribution >= 4 is 0 Å². The second-order valence-corrected chi connectivity index (χ2v) is 3.83. The molecule has 0 saturated heterocycles. The summed E-state index contributed by atoms with van der Waals surface area (Å²) in [6.45, 7) is 0. The maximum atomic E-state index is 13.4.